The molecule has 2 bridgehead atoms. The Bertz CT molecular complexity index is 1860. The number of fused-ring (bicyclic) bond motifs is 5. The van der Waals surface area contributed by atoms with E-state index < -0.39 is 11.9 Å². The average molecular weight is 659 g/mol. The van der Waals surface area contributed by atoms with Gasteiger partial charge in [0.25, 0.3) is 5.91 Å². The van der Waals surface area contributed by atoms with Crippen molar-refractivity contribution in [3.05, 3.63) is 53.4 Å². The van der Waals surface area contributed by atoms with Crippen LogP contribution in [-0.2, 0) is 14.6 Å². The standard InChI is InChI=1S/C35H36ClFN6O4/c36-26-8-2-6-21-5-1-7-24(28(21)26)30-29(37)31-25(17-38-30)32(40-34(39-31)45-20-35-12-3-14-42(35)15-4-13-35)41-18-22-9-10-23(19-41)43(22)33(44)27-11-16-46-47-27/h1-2,5-8,17,22-23,27H,3-4,9-16,18-20H2/t22-,23+,27?. The minimum absolute atomic E-state index is 0.0147. The molecule has 3 atom stereocenters. The summed E-state index contributed by atoms with van der Waals surface area (Å²) in [5, 5.41) is 2.68. The van der Waals surface area contributed by atoms with Crippen LogP contribution in [0.25, 0.3) is 32.9 Å². The third-order valence-corrected chi connectivity index (χ3v) is 11.3. The van der Waals surface area contributed by atoms with Gasteiger partial charge >= 0.3 is 6.01 Å². The second-order valence-electron chi connectivity index (χ2n) is 13.6. The highest BCUT2D eigenvalue weighted by atomic mass is 35.5. The normalized spacial score (nSPS) is 25.3. The third kappa shape index (κ3) is 4.84. The second kappa shape index (κ2) is 11.5. The molecule has 0 spiro atoms. The lowest BCUT2D eigenvalue weighted by Crippen LogP contribution is -2.58. The van der Waals surface area contributed by atoms with Crippen LogP contribution in [0, 0.1) is 5.82 Å². The Hall–Kier alpha value is -3.64. The maximum Gasteiger partial charge on any atom is 0.319 e. The average Bonchev–Trinajstić information content (AvgIpc) is 3.88. The van der Waals surface area contributed by atoms with Gasteiger partial charge in [0.15, 0.2) is 11.9 Å². The topological polar surface area (TPSA) is 93.2 Å². The molecule has 1 amide bonds. The van der Waals surface area contributed by atoms with Crippen molar-refractivity contribution in [3.8, 4) is 17.3 Å². The Balaban J connectivity index is 1.12. The quantitative estimate of drug-likeness (QED) is 0.248. The van der Waals surface area contributed by atoms with Crippen molar-refractivity contribution in [1.29, 1.82) is 0 Å². The summed E-state index contributed by atoms with van der Waals surface area (Å²) in [7, 11) is 0. The van der Waals surface area contributed by atoms with Crippen LogP contribution in [0.3, 0.4) is 0 Å². The molecule has 9 rings (SSSR count). The van der Waals surface area contributed by atoms with Gasteiger partial charge in [-0.2, -0.15) is 9.97 Å². The zero-order valence-corrected chi connectivity index (χ0v) is 26.8. The number of rotatable bonds is 6. The number of pyridine rings is 1. The van der Waals surface area contributed by atoms with E-state index >= 15 is 4.39 Å². The highest BCUT2D eigenvalue weighted by Crippen LogP contribution is 2.41. The van der Waals surface area contributed by atoms with Gasteiger partial charge in [-0.3, -0.25) is 14.7 Å². The van der Waals surface area contributed by atoms with Crippen molar-refractivity contribution < 1.29 is 23.7 Å². The van der Waals surface area contributed by atoms with Crippen LogP contribution >= 0.6 is 11.6 Å². The number of piperazine rings is 1. The van der Waals surface area contributed by atoms with Crippen LogP contribution in [-0.4, -0.2) is 93.8 Å². The monoisotopic (exact) mass is 658 g/mol. The summed E-state index contributed by atoms with van der Waals surface area (Å²) in [6.45, 7) is 4.16. The number of halogens is 2. The number of aromatic nitrogens is 3. The van der Waals surface area contributed by atoms with Gasteiger partial charge in [0.1, 0.15) is 23.6 Å². The molecule has 0 saturated carbocycles. The highest BCUT2D eigenvalue weighted by molar-refractivity contribution is 6.36. The van der Waals surface area contributed by atoms with Gasteiger partial charge < -0.3 is 14.5 Å². The molecule has 7 heterocycles. The van der Waals surface area contributed by atoms with E-state index in [2.05, 4.69) is 14.8 Å². The zero-order valence-electron chi connectivity index (χ0n) is 26.0. The van der Waals surface area contributed by atoms with Gasteiger partial charge in [-0.25, -0.2) is 14.2 Å². The van der Waals surface area contributed by atoms with Gasteiger partial charge in [0.2, 0.25) is 0 Å². The summed E-state index contributed by atoms with van der Waals surface area (Å²) in [5.74, 6) is 0.0184. The Morgan fingerprint density at radius 1 is 1.04 bits per heavy atom. The number of anilines is 1. The third-order valence-electron chi connectivity index (χ3n) is 11.0. The molecule has 244 valence electrons. The number of hydrogen-bond donors (Lipinski definition) is 0. The van der Waals surface area contributed by atoms with Crippen molar-refractivity contribution in [2.24, 2.45) is 0 Å². The van der Waals surface area contributed by atoms with E-state index in [4.69, 9.17) is 36.1 Å². The fourth-order valence-corrected chi connectivity index (χ4v) is 9.05. The molecular weight excluding hydrogens is 623 g/mol. The minimum atomic E-state index is -0.561. The molecule has 0 radical (unpaired) electrons. The van der Waals surface area contributed by atoms with E-state index in [1.54, 1.807) is 12.3 Å². The van der Waals surface area contributed by atoms with Crippen LogP contribution in [0.4, 0.5) is 10.2 Å². The summed E-state index contributed by atoms with van der Waals surface area (Å²) in [6, 6.07) is 11.4. The van der Waals surface area contributed by atoms with E-state index in [0.29, 0.717) is 54.5 Å². The van der Waals surface area contributed by atoms with Crippen LogP contribution in [0.5, 0.6) is 6.01 Å². The summed E-state index contributed by atoms with van der Waals surface area (Å²) >= 11 is 6.64. The maximum atomic E-state index is 16.8. The molecule has 0 aliphatic carbocycles. The maximum absolute atomic E-state index is 16.8. The molecule has 12 heteroatoms. The van der Waals surface area contributed by atoms with Gasteiger partial charge in [-0.1, -0.05) is 41.9 Å². The van der Waals surface area contributed by atoms with Gasteiger partial charge in [-0.15, -0.1) is 0 Å². The number of benzene rings is 2. The first-order valence-electron chi connectivity index (χ1n) is 16.8. The predicted molar refractivity (Wildman–Crippen MR) is 175 cm³/mol. The van der Waals surface area contributed by atoms with Crippen molar-refractivity contribution in [3.63, 3.8) is 0 Å². The molecule has 5 saturated heterocycles. The molecule has 0 N–H and O–H groups in total. The van der Waals surface area contributed by atoms with Gasteiger partial charge in [0, 0.05) is 53.8 Å². The first kappa shape index (κ1) is 29.5. The number of carbonyl (C=O) groups is 1. The Kier molecular flexibility index (Phi) is 7.22. The van der Waals surface area contributed by atoms with Crippen LogP contribution in [0.1, 0.15) is 44.9 Å². The van der Waals surface area contributed by atoms with Crippen molar-refractivity contribution in [2.75, 3.05) is 44.3 Å². The van der Waals surface area contributed by atoms with Crippen LogP contribution in [0.15, 0.2) is 42.6 Å². The molecule has 5 aliphatic rings. The van der Waals surface area contributed by atoms with Gasteiger partial charge in [-0.05, 0) is 63.1 Å². The van der Waals surface area contributed by atoms with Crippen molar-refractivity contribution in [2.45, 2.75) is 68.7 Å². The molecule has 2 aromatic heterocycles. The largest absolute Gasteiger partial charge is 0.461 e. The lowest BCUT2D eigenvalue weighted by Gasteiger charge is -2.42. The lowest BCUT2D eigenvalue weighted by atomic mass is 9.95. The molecule has 5 fully saturated rings. The summed E-state index contributed by atoms with van der Waals surface area (Å²) < 4.78 is 23.3. The number of nitrogens with zero attached hydrogens (tertiary/aromatic N) is 6. The van der Waals surface area contributed by atoms with Crippen LogP contribution in [0.2, 0.25) is 5.02 Å². The Morgan fingerprint density at radius 2 is 1.81 bits per heavy atom. The molecular formula is C35H36ClFN6O4. The van der Waals surface area contributed by atoms with Crippen LogP contribution < -0.4 is 9.64 Å². The second-order valence-corrected chi connectivity index (χ2v) is 14.0. The SMILES string of the molecule is O=C(C1CCOO1)N1[C@@H]2CC[C@H]1CN(c1nc(OCC34CCCN3CCC4)nc3c(F)c(-c4cccc5cccc(Cl)c45)ncc13)C2. The molecule has 4 aromatic rings. The van der Waals surface area contributed by atoms with E-state index in [1.165, 1.54) is 0 Å². The first-order valence-corrected chi connectivity index (χ1v) is 17.1. The van der Waals surface area contributed by atoms with E-state index in [9.17, 15) is 4.79 Å². The van der Waals surface area contributed by atoms with Crippen molar-refractivity contribution in [1.82, 2.24) is 24.8 Å². The molecule has 10 nitrogen and oxygen atoms in total. The number of ether oxygens (including phenoxy) is 1. The van der Waals surface area contributed by atoms with Gasteiger partial charge in [0.05, 0.1) is 17.5 Å². The van der Waals surface area contributed by atoms with E-state index in [0.717, 1.165) is 62.4 Å². The lowest BCUT2D eigenvalue weighted by molar-refractivity contribution is -0.272. The van der Waals surface area contributed by atoms with Crippen molar-refractivity contribution >= 4 is 45.0 Å². The molecule has 5 aliphatic heterocycles. The summed E-state index contributed by atoms with van der Waals surface area (Å²) in [6.07, 6.45) is 7.87. The molecule has 1 unspecified atom stereocenters. The Morgan fingerprint density at radius 3 is 2.55 bits per heavy atom. The smallest absolute Gasteiger partial charge is 0.319 e. The molecule has 47 heavy (non-hydrogen) atoms. The summed E-state index contributed by atoms with van der Waals surface area (Å²) in [5.41, 5.74) is 0.924. The highest BCUT2D eigenvalue weighted by Gasteiger charge is 2.47. The van der Waals surface area contributed by atoms with E-state index in [-0.39, 0.29) is 40.8 Å². The molecule has 2 aromatic carbocycles. The minimum Gasteiger partial charge on any atom is -0.461 e. The van der Waals surface area contributed by atoms with E-state index in [1.807, 2.05) is 35.2 Å². The number of amides is 1. The predicted octanol–water partition coefficient (Wildman–Crippen LogP) is 5.54. The first-order chi connectivity index (χ1) is 23.0. The summed E-state index contributed by atoms with van der Waals surface area (Å²) in [4.78, 5) is 44.7. The Labute approximate surface area is 276 Å². The fourth-order valence-electron chi connectivity index (χ4n) is 8.77. The fraction of sp³-hybridized carbons (Fsp3) is 0.486. The number of carbonyl (C=O) groups excluding carboxylic acids is 1. The zero-order chi connectivity index (χ0) is 31.7. The number of hydrogen-bond acceptors (Lipinski definition) is 9.